The third-order valence-electron chi connectivity index (χ3n) is 4.56. The minimum absolute atomic E-state index is 0.126. The maximum Gasteiger partial charge on any atom is 0.329 e. The molecule has 2 aromatic heterocycles. The van der Waals surface area contributed by atoms with Gasteiger partial charge in [0.2, 0.25) is 0 Å². The van der Waals surface area contributed by atoms with E-state index >= 15 is 0 Å². The number of hydrogen-bond acceptors (Lipinski definition) is 3. The highest BCUT2D eigenvalue weighted by Gasteiger charge is 2.20. The summed E-state index contributed by atoms with van der Waals surface area (Å²) in [5.74, 6) is 0. The molecule has 0 unspecified atom stereocenters. The Labute approximate surface area is 137 Å². The molecule has 118 valence electrons. The fourth-order valence-corrected chi connectivity index (χ4v) is 4.63. The topological polar surface area (TPSA) is 54.9 Å². The molecule has 23 heavy (non-hydrogen) atoms. The molecule has 5 heteroatoms. The molecule has 3 aromatic rings. The number of aryl methyl sites for hydroxylation is 3. The number of rotatable bonds is 3. The molecule has 0 aliphatic heterocycles. The van der Waals surface area contributed by atoms with Crippen LogP contribution in [0, 0.1) is 0 Å². The molecule has 0 amide bonds. The first-order chi connectivity index (χ1) is 11.2. The Morgan fingerprint density at radius 2 is 1.87 bits per heavy atom. The number of aromatic nitrogens is 2. The second kappa shape index (κ2) is 5.81. The zero-order valence-electron chi connectivity index (χ0n) is 12.8. The van der Waals surface area contributed by atoms with E-state index in [9.17, 15) is 9.59 Å². The van der Waals surface area contributed by atoms with Crippen LogP contribution in [0.15, 0.2) is 39.9 Å². The first kappa shape index (κ1) is 14.5. The Hall–Kier alpha value is -2.14. The number of nitrogens with one attached hydrogen (secondary N) is 1. The summed E-state index contributed by atoms with van der Waals surface area (Å²) in [5.41, 5.74) is 1.88. The van der Waals surface area contributed by atoms with Gasteiger partial charge in [0.15, 0.2) is 0 Å². The Balaban J connectivity index is 1.78. The fraction of sp³-hybridized carbons (Fsp3) is 0.333. The summed E-state index contributed by atoms with van der Waals surface area (Å²) < 4.78 is 1.36. The molecular weight excluding hydrogens is 308 g/mol. The van der Waals surface area contributed by atoms with Crippen molar-refractivity contribution in [1.29, 1.82) is 0 Å². The maximum atomic E-state index is 12.9. The van der Waals surface area contributed by atoms with Crippen molar-refractivity contribution >= 4 is 21.6 Å². The summed E-state index contributed by atoms with van der Waals surface area (Å²) in [6.07, 6.45) is 4.96. The summed E-state index contributed by atoms with van der Waals surface area (Å²) >= 11 is 1.58. The van der Waals surface area contributed by atoms with Crippen LogP contribution < -0.4 is 11.2 Å². The molecule has 0 saturated heterocycles. The average Bonchev–Trinajstić information content (AvgIpc) is 2.93. The molecule has 4 nitrogen and oxygen atoms in total. The maximum absolute atomic E-state index is 12.9. The van der Waals surface area contributed by atoms with E-state index in [2.05, 4.69) is 4.98 Å². The number of nitrogens with zero attached hydrogens (tertiary/aromatic N) is 1. The molecule has 2 heterocycles. The lowest BCUT2D eigenvalue weighted by Crippen LogP contribution is -2.35. The highest BCUT2D eigenvalue weighted by Crippen LogP contribution is 2.32. The van der Waals surface area contributed by atoms with Gasteiger partial charge in [-0.25, -0.2) is 4.79 Å². The van der Waals surface area contributed by atoms with E-state index in [-0.39, 0.29) is 11.2 Å². The summed E-state index contributed by atoms with van der Waals surface area (Å²) in [4.78, 5) is 30.1. The molecule has 0 atom stereocenters. The van der Waals surface area contributed by atoms with Crippen LogP contribution >= 0.6 is 11.3 Å². The van der Waals surface area contributed by atoms with E-state index in [0.717, 1.165) is 35.0 Å². The summed E-state index contributed by atoms with van der Waals surface area (Å²) in [5, 5.41) is 0.748. The van der Waals surface area contributed by atoms with Gasteiger partial charge in [0.25, 0.3) is 5.56 Å². The molecule has 0 bridgehead atoms. The molecule has 0 radical (unpaired) electrons. The number of aromatic amines is 1. The smallest absolute Gasteiger partial charge is 0.298 e. The monoisotopic (exact) mass is 326 g/mol. The zero-order chi connectivity index (χ0) is 15.8. The fourth-order valence-electron chi connectivity index (χ4n) is 3.36. The van der Waals surface area contributed by atoms with Crippen molar-refractivity contribution in [2.75, 3.05) is 0 Å². The minimum Gasteiger partial charge on any atom is -0.298 e. The van der Waals surface area contributed by atoms with E-state index in [0.29, 0.717) is 13.0 Å². The molecule has 1 N–H and O–H groups in total. The second-order valence-electron chi connectivity index (χ2n) is 6.04. The van der Waals surface area contributed by atoms with Crippen molar-refractivity contribution in [2.45, 2.75) is 38.6 Å². The van der Waals surface area contributed by atoms with Crippen LogP contribution in [-0.4, -0.2) is 9.55 Å². The number of fused-ring (bicyclic) bond motifs is 3. The quantitative estimate of drug-likeness (QED) is 0.804. The van der Waals surface area contributed by atoms with Crippen LogP contribution in [0.5, 0.6) is 0 Å². The Morgan fingerprint density at radius 3 is 2.70 bits per heavy atom. The van der Waals surface area contributed by atoms with Crippen LogP contribution in [-0.2, 0) is 25.8 Å². The van der Waals surface area contributed by atoms with Crippen molar-refractivity contribution < 1.29 is 0 Å². The zero-order valence-corrected chi connectivity index (χ0v) is 13.6. The Kier molecular flexibility index (Phi) is 3.65. The minimum atomic E-state index is -0.294. The van der Waals surface area contributed by atoms with E-state index in [1.54, 1.807) is 11.3 Å². The predicted molar refractivity (Wildman–Crippen MR) is 93.5 cm³/mol. The molecule has 1 aromatic carbocycles. The molecule has 4 rings (SSSR count). The Bertz CT molecular complexity index is 966. The van der Waals surface area contributed by atoms with Gasteiger partial charge in [-0.05, 0) is 43.2 Å². The molecule has 1 aliphatic rings. The normalized spacial score (nSPS) is 14.1. The molecule has 0 saturated carbocycles. The van der Waals surface area contributed by atoms with Gasteiger partial charge in [-0.1, -0.05) is 30.3 Å². The van der Waals surface area contributed by atoms with Gasteiger partial charge in [0.1, 0.15) is 4.83 Å². The van der Waals surface area contributed by atoms with Crippen molar-refractivity contribution in [1.82, 2.24) is 9.55 Å². The summed E-state index contributed by atoms with van der Waals surface area (Å²) in [6, 6.07) is 9.95. The van der Waals surface area contributed by atoms with Crippen LogP contribution in [0.2, 0.25) is 0 Å². The molecular formula is C18H18N2O2S. The first-order valence-electron chi connectivity index (χ1n) is 8.05. The van der Waals surface area contributed by atoms with Gasteiger partial charge in [0.05, 0.1) is 5.39 Å². The van der Waals surface area contributed by atoms with Crippen LogP contribution in [0.3, 0.4) is 0 Å². The lowest BCUT2D eigenvalue weighted by atomic mass is 9.97. The summed E-state index contributed by atoms with van der Waals surface area (Å²) in [6.45, 7) is 0.415. The van der Waals surface area contributed by atoms with Crippen LogP contribution in [0.4, 0.5) is 0 Å². The predicted octanol–water partition coefficient (Wildman–Crippen LogP) is 2.87. The number of thiophene rings is 1. The van der Waals surface area contributed by atoms with Gasteiger partial charge in [-0.3, -0.25) is 14.3 Å². The van der Waals surface area contributed by atoms with Gasteiger partial charge in [0, 0.05) is 11.4 Å². The highest BCUT2D eigenvalue weighted by atomic mass is 32.1. The van der Waals surface area contributed by atoms with Gasteiger partial charge < -0.3 is 0 Å². The van der Waals surface area contributed by atoms with Crippen LogP contribution in [0.25, 0.3) is 10.2 Å². The lowest BCUT2D eigenvalue weighted by Gasteiger charge is -2.10. The third kappa shape index (κ3) is 2.55. The second-order valence-corrected chi connectivity index (χ2v) is 7.14. The third-order valence-corrected chi connectivity index (χ3v) is 5.77. The van der Waals surface area contributed by atoms with E-state index in [1.807, 2.05) is 30.3 Å². The van der Waals surface area contributed by atoms with Crippen molar-refractivity contribution in [2.24, 2.45) is 0 Å². The molecule has 0 fully saturated rings. The van der Waals surface area contributed by atoms with Crippen LogP contribution in [0.1, 0.15) is 28.8 Å². The number of benzene rings is 1. The van der Waals surface area contributed by atoms with E-state index in [1.165, 1.54) is 21.4 Å². The molecule has 1 aliphatic carbocycles. The van der Waals surface area contributed by atoms with Crippen molar-refractivity contribution in [3.63, 3.8) is 0 Å². The summed E-state index contributed by atoms with van der Waals surface area (Å²) in [7, 11) is 0. The SMILES string of the molecule is O=c1[nH]c2sc3c(c2c(=O)n1CCc1ccccc1)CCCC3. The standard InChI is InChI=1S/C18H18N2O2S/c21-17-15-13-8-4-5-9-14(13)23-16(15)19-18(22)20(17)11-10-12-6-2-1-3-7-12/h1-3,6-7H,4-5,8-11H2,(H,19,22). The van der Waals surface area contributed by atoms with Crippen molar-refractivity contribution in [3.05, 3.63) is 67.2 Å². The number of H-pyrrole nitrogens is 1. The Morgan fingerprint density at radius 1 is 1.09 bits per heavy atom. The number of hydrogen-bond donors (Lipinski definition) is 1. The lowest BCUT2D eigenvalue weighted by molar-refractivity contribution is 0.635. The van der Waals surface area contributed by atoms with Gasteiger partial charge in [-0.2, -0.15) is 0 Å². The van der Waals surface area contributed by atoms with Gasteiger partial charge >= 0.3 is 5.69 Å². The van der Waals surface area contributed by atoms with E-state index < -0.39 is 0 Å². The first-order valence-corrected chi connectivity index (χ1v) is 8.87. The highest BCUT2D eigenvalue weighted by molar-refractivity contribution is 7.18. The molecule has 0 spiro atoms. The van der Waals surface area contributed by atoms with Gasteiger partial charge in [-0.15, -0.1) is 11.3 Å². The van der Waals surface area contributed by atoms with Crippen molar-refractivity contribution in [3.8, 4) is 0 Å². The largest absolute Gasteiger partial charge is 0.329 e. The van der Waals surface area contributed by atoms with E-state index in [4.69, 9.17) is 0 Å². The average molecular weight is 326 g/mol.